The van der Waals surface area contributed by atoms with Crippen LogP contribution in [-0.2, 0) is 16.1 Å². The van der Waals surface area contributed by atoms with Crippen LogP contribution in [0, 0.1) is 5.92 Å². The monoisotopic (exact) mass is 411 g/mol. The van der Waals surface area contributed by atoms with Crippen molar-refractivity contribution in [1.29, 1.82) is 0 Å². The molecule has 1 aromatic rings. The Morgan fingerprint density at radius 3 is 2.72 bits per heavy atom. The van der Waals surface area contributed by atoms with Crippen molar-refractivity contribution in [2.24, 2.45) is 5.92 Å². The molecule has 1 aliphatic carbocycles. The Kier molecular flexibility index (Phi) is 4.77. The SMILES string of the molecule is CC(C)(C)OC(=O)N1NC(C2CC2)=CC1NC(=O)Cn1cc(Br)cn1. The van der Waals surface area contributed by atoms with Crippen LogP contribution in [0.1, 0.15) is 33.6 Å². The fourth-order valence-electron chi connectivity index (χ4n) is 2.47. The second-order valence-electron chi connectivity index (χ2n) is 7.23. The number of carbonyl (C=O) groups is 2. The molecule has 2 heterocycles. The van der Waals surface area contributed by atoms with E-state index in [0.29, 0.717) is 5.92 Å². The van der Waals surface area contributed by atoms with Gasteiger partial charge < -0.3 is 10.1 Å². The first-order valence-electron chi connectivity index (χ1n) is 8.19. The number of carbonyl (C=O) groups excluding carboxylic acids is 2. The number of amides is 2. The Morgan fingerprint density at radius 2 is 2.16 bits per heavy atom. The first kappa shape index (κ1) is 17.8. The minimum absolute atomic E-state index is 0.0663. The van der Waals surface area contributed by atoms with Crippen LogP contribution < -0.4 is 10.7 Å². The second-order valence-corrected chi connectivity index (χ2v) is 8.14. The third-order valence-electron chi connectivity index (χ3n) is 3.69. The van der Waals surface area contributed by atoms with Gasteiger partial charge in [-0.1, -0.05) is 0 Å². The minimum atomic E-state index is -0.614. The summed E-state index contributed by atoms with van der Waals surface area (Å²) in [5, 5.41) is 8.23. The van der Waals surface area contributed by atoms with E-state index in [-0.39, 0.29) is 12.5 Å². The molecule has 0 saturated heterocycles. The number of nitrogens with zero attached hydrogens (tertiary/aromatic N) is 3. The van der Waals surface area contributed by atoms with Crippen molar-refractivity contribution in [1.82, 2.24) is 25.5 Å². The summed E-state index contributed by atoms with van der Waals surface area (Å²) in [7, 11) is 0. The van der Waals surface area contributed by atoms with Crippen LogP contribution in [0.4, 0.5) is 4.79 Å². The maximum absolute atomic E-state index is 12.4. The van der Waals surface area contributed by atoms with Crippen molar-refractivity contribution in [3.63, 3.8) is 0 Å². The molecule has 1 saturated carbocycles. The number of aromatic nitrogens is 2. The molecule has 1 fully saturated rings. The number of nitrogens with one attached hydrogen (secondary N) is 2. The average Bonchev–Trinajstić information content (AvgIpc) is 3.13. The standard InChI is InChI=1S/C16H22BrN5O3/c1-16(2,3)25-15(24)22-13(6-12(20-22)10-4-5-10)19-14(23)9-21-8-11(17)7-18-21/h6-8,10,13,20H,4-5,9H2,1-3H3,(H,19,23). The largest absolute Gasteiger partial charge is 0.442 e. The van der Waals surface area contributed by atoms with Gasteiger partial charge in [0.2, 0.25) is 5.91 Å². The Balaban J connectivity index is 1.66. The molecule has 1 aromatic heterocycles. The zero-order valence-electron chi connectivity index (χ0n) is 14.5. The average molecular weight is 412 g/mol. The van der Waals surface area contributed by atoms with Crippen molar-refractivity contribution in [3.8, 4) is 0 Å². The van der Waals surface area contributed by atoms with Gasteiger partial charge in [-0.15, -0.1) is 0 Å². The van der Waals surface area contributed by atoms with Gasteiger partial charge >= 0.3 is 6.09 Å². The van der Waals surface area contributed by atoms with Crippen molar-refractivity contribution >= 4 is 27.9 Å². The van der Waals surface area contributed by atoms with Crippen molar-refractivity contribution in [2.45, 2.75) is 51.9 Å². The third kappa shape index (κ3) is 4.75. The van der Waals surface area contributed by atoms with Gasteiger partial charge in [0.25, 0.3) is 0 Å². The molecule has 1 unspecified atom stereocenters. The number of rotatable bonds is 4. The maximum Gasteiger partial charge on any atom is 0.431 e. The first-order chi connectivity index (χ1) is 11.7. The van der Waals surface area contributed by atoms with Gasteiger partial charge in [-0.2, -0.15) is 10.1 Å². The molecule has 25 heavy (non-hydrogen) atoms. The zero-order valence-corrected chi connectivity index (χ0v) is 16.0. The molecule has 3 rings (SSSR count). The lowest BCUT2D eigenvalue weighted by Crippen LogP contribution is -2.53. The van der Waals surface area contributed by atoms with E-state index in [2.05, 4.69) is 31.8 Å². The Bertz CT molecular complexity index is 705. The smallest absolute Gasteiger partial charge is 0.431 e. The van der Waals surface area contributed by atoms with Crippen molar-refractivity contribution < 1.29 is 14.3 Å². The van der Waals surface area contributed by atoms with Crippen LogP contribution in [0.25, 0.3) is 0 Å². The van der Waals surface area contributed by atoms with Gasteiger partial charge in [0.1, 0.15) is 18.3 Å². The minimum Gasteiger partial charge on any atom is -0.442 e. The van der Waals surface area contributed by atoms with Gasteiger partial charge in [0.05, 0.1) is 10.7 Å². The molecule has 1 atom stereocenters. The molecule has 0 radical (unpaired) electrons. The highest BCUT2D eigenvalue weighted by atomic mass is 79.9. The lowest BCUT2D eigenvalue weighted by atomic mass is 10.2. The molecule has 0 aromatic carbocycles. The molecule has 2 N–H and O–H groups in total. The molecule has 2 amide bonds. The van der Waals surface area contributed by atoms with Crippen LogP contribution in [0.2, 0.25) is 0 Å². The van der Waals surface area contributed by atoms with E-state index >= 15 is 0 Å². The number of hydrogen-bond acceptors (Lipinski definition) is 5. The normalized spacial score (nSPS) is 20.1. The highest BCUT2D eigenvalue weighted by Crippen LogP contribution is 2.37. The van der Waals surface area contributed by atoms with Crippen LogP contribution in [0.15, 0.2) is 28.6 Å². The molecular weight excluding hydrogens is 390 g/mol. The summed E-state index contributed by atoms with van der Waals surface area (Å²) in [5.74, 6) is 0.179. The fraction of sp³-hybridized carbons (Fsp3) is 0.562. The summed E-state index contributed by atoms with van der Waals surface area (Å²) in [6.07, 6.45) is 6.26. The molecule has 0 bridgehead atoms. The molecule has 0 spiro atoms. The number of hydrazine groups is 1. The third-order valence-corrected chi connectivity index (χ3v) is 4.10. The topological polar surface area (TPSA) is 88.5 Å². The van der Waals surface area contributed by atoms with Gasteiger partial charge in [-0.3, -0.25) is 14.9 Å². The first-order valence-corrected chi connectivity index (χ1v) is 8.98. The Labute approximate surface area is 154 Å². The zero-order chi connectivity index (χ0) is 18.2. The molecule has 8 nitrogen and oxygen atoms in total. The number of halogens is 1. The molecule has 9 heteroatoms. The van der Waals surface area contributed by atoms with E-state index in [0.717, 1.165) is 23.0 Å². The molecule has 2 aliphatic rings. The van der Waals surface area contributed by atoms with Crippen LogP contribution in [0.5, 0.6) is 0 Å². The predicted molar refractivity (Wildman–Crippen MR) is 93.9 cm³/mol. The van der Waals surface area contributed by atoms with E-state index < -0.39 is 17.9 Å². The van der Waals surface area contributed by atoms with E-state index in [1.54, 1.807) is 33.2 Å². The van der Waals surface area contributed by atoms with Gasteiger partial charge in [-0.05, 0) is 55.6 Å². The maximum atomic E-state index is 12.4. The summed E-state index contributed by atoms with van der Waals surface area (Å²) in [6, 6.07) is 0. The summed E-state index contributed by atoms with van der Waals surface area (Å²) in [4.78, 5) is 24.7. The highest BCUT2D eigenvalue weighted by Gasteiger charge is 2.38. The van der Waals surface area contributed by atoms with Crippen molar-refractivity contribution in [2.75, 3.05) is 0 Å². The summed E-state index contributed by atoms with van der Waals surface area (Å²) in [6.45, 7) is 5.48. The van der Waals surface area contributed by atoms with Gasteiger partial charge in [-0.25, -0.2) is 4.79 Å². The van der Waals surface area contributed by atoms with Crippen LogP contribution in [-0.4, -0.2) is 38.6 Å². The summed E-state index contributed by atoms with van der Waals surface area (Å²) in [5.41, 5.74) is 3.42. The molecular formula is C16H22BrN5O3. The van der Waals surface area contributed by atoms with E-state index in [1.807, 2.05) is 6.08 Å². The second kappa shape index (κ2) is 6.70. The van der Waals surface area contributed by atoms with E-state index in [4.69, 9.17) is 4.74 Å². The quantitative estimate of drug-likeness (QED) is 0.791. The van der Waals surface area contributed by atoms with Crippen molar-refractivity contribution in [3.05, 3.63) is 28.6 Å². The fourth-order valence-corrected chi connectivity index (χ4v) is 2.80. The molecule has 1 aliphatic heterocycles. The van der Waals surface area contributed by atoms with Crippen LogP contribution in [0.3, 0.4) is 0 Å². The lowest BCUT2D eigenvalue weighted by Gasteiger charge is -2.29. The Hall–Kier alpha value is -2.03. The number of ether oxygens (including phenoxy) is 1. The highest BCUT2D eigenvalue weighted by molar-refractivity contribution is 9.10. The summed E-state index contributed by atoms with van der Waals surface area (Å²) >= 11 is 3.29. The van der Waals surface area contributed by atoms with E-state index in [1.165, 1.54) is 9.69 Å². The lowest BCUT2D eigenvalue weighted by molar-refractivity contribution is -0.123. The number of allylic oxidation sites excluding steroid dienone is 1. The number of hydrogen-bond donors (Lipinski definition) is 2. The summed E-state index contributed by atoms with van der Waals surface area (Å²) < 4.78 is 7.74. The predicted octanol–water partition coefficient (Wildman–Crippen LogP) is 2.14. The van der Waals surface area contributed by atoms with Gasteiger partial charge in [0.15, 0.2) is 0 Å². The van der Waals surface area contributed by atoms with Gasteiger partial charge in [0, 0.05) is 17.8 Å². The van der Waals surface area contributed by atoms with Crippen LogP contribution >= 0.6 is 15.9 Å². The Morgan fingerprint density at radius 1 is 1.44 bits per heavy atom. The van der Waals surface area contributed by atoms with E-state index in [9.17, 15) is 9.59 Å². The molecule has 136 valence electrons.